The number of hydrogen-bond acceptors (Lipinski definition) is 5. The van der Waals surface area contributed by atoms with Crippen LogP contribution in [0.5, 0.6) is 0 Å². The van der Waals surface area contributed by atoms with E-state index in [0.29, 0.717) is 24.3 Å². The van der Waals surface area contributed by atoms with Crippen molar-refractivity contribution in [2.45, 2.75) is 33.4 Å². The Bertz CT molecular complexity index is 517. The first-order chi connectivity index (χ1) is 9.83. The van der Waals surface area contributed by atoms with Crippen molar-refractivity contribution in [2.75, 3.05) is 18.8 Å². The molecule has 1 rings (SSSR count). The minimum Gasteiger partial charge on any atom is -0.398 e. The molecule has 0 saturated heterocycles. The molecule has 0 fully saturated rings. The summed E-state index contributed by atoms with van der Waals surface area (Å²) < 4.78 is 0. The average molecular weight is 294 g/mol. The Balaban J connectivity index is 2.79. The SMILES string of the molecule is CCN(CC(=O)NC(C)C)Cc1cc([N+](=O)[O-])ccc1N. The van der Waals surface area contributed by atoms with Crippen LogP contribution < -0.4 is 11.1 Å². The predicted molar refractivity (Wildman–Crippen MR) is 81.7 cm³/mol. The summed E-state index contributed by atoms with van der Waals surface area (Å²) in [6.07, 6.45) is 0. The third kappa shape index (κ3) is 5.39. The monoisotopic (exact) mass is 294 g/mol. The van der Waals surface area contributed by atoms with E-state index < -0.39 is 4.92 Å². The van der Waals surface area contributed by atoms with Gasteiger partial charge in [0, 0.05) is 30.4 Å². The van der Waals surface area contributed by atoms with Crippen LogP contribution in [0.2, 0.25) is 0 Å². The second-order valence-corrected chi connectivity index (χ2v) is 5.17. The summed E-state index contributed by atoms with van der Waals surface area (Å²) in [5, 5.41) is 13.6. The van der Waals surface area contributed by atoms with E-state index in [4.69, 9.17) is 5.73 Å². The Morgan fingerprint density at radius 2 is 2.14 bits per heavy atom. The number of hydrogen-bond donors (Lipinski definition) is 2. The van der Waals surface area contributed by atoms with Crippen molar-refractivity contribution in [3.63, 3.8) is 0 Å². The first kappa shape index (κ1) is 16.9. The highest BCUT2D eigenvalue weighted by atomic mass is 16.6. The largest absolute Gasteiger partial charge is 0.398 e. The van der Waals surface area contributed by atoms with Crippen LogP contribution in [0.25, 0.3) is 0 Å². The van der Waals surface area contributed by atoms with Crippen LogP contribution in [0.1, 0.15) is 26.3 Å². The zero-order valence-electron chi connectivity index (χ0n) is 12.6. The number of carbonyl (C=O) groups is 1. The summed E-state index contributed by atoms with van der Waals surface area (Å²) >= 11 is 0. The van der Waals surface area contributed by atoms with Crippen LogP contribution in [-0.4, -0.2) is 34.9 Å². The molecule has 0 aromatic heterocycles. The Labute approximate surface area is 124 Å². The van der Waals surface area contributed by atoms with Gasteiger partial charge in [0.2, 0.25) is 5.91 Å². The number of nitrogens with one attached hydrogen (secondary N) is 1. The Hall–Kier alpha value is -2.15. The Kier molecular flexibility index (Phi) is 6.10. The van der Waals surface area contributed by atoms with Crippen molar-refractivity contribution in [3.05, 3.63) is 33.9 Å². The van der Waals surface area contributed by atoms with E-state index in [1.165, 1.54) is 18.2 Å². The first-order valence-electron chi connectivity index (χ1n) is 6.88. The maximum Gasteiger partial charge on any atom is 0.269 e. The third-order valence-corrected chi connectivity index (χ3v) is 3.00. The molecule has 1 aromatic rings. The van der Waals surface area contributed by atoms with Crippen LogP contribution in [-0.2, 0) is 11.3 Å². The van der Waals surface area contributed by atoms with Crippen LogP contribution in [0.3, 0.4) is 0 Å². The quantitative estimate of drug-likeness (QED) is 0.451. The summed E-state index contributed by atoms with van der Waals surface area (Å²) in [4.78, 5) is 24.0. The molecule has 0 saturated carbocycles. The lowest BCUT2D eigenvalue weighted by molar-refractivity contribution is -0.384. The molecule has 0 radical (unpaired) electrons. The number of benzene rings is 1. The van der Waals surface area contributed by atoms with Crippen LogP contribution >= 0.6 is 0 Å². The third-order valence-electron chi connectivity index (χ3n) is 3.00. The lowest BCUT2D eigenvalue weighted by Gasteiger charge is -2.21. The summed E-state index contributed by atoms with van der Waals surface area (Å²) in [5.41, 5.74) is 7.00. The highest BCUT2D eigenvalue weighted by Gasteiger charge is 2.14. The van der Waals surface area contributed by atoms with Crippen molar-refractivity contribution in [1.82, 2.24) is 10.2 Å². The molecule has 0 aliphatic rings. The molecule has 21 heavy (non-hydrogen) atoms. The van der Waals surface area contributed by atoms with Gasteiger partial charge in [0.05, 0.1) is 11.5 Å². The van der Waals surface area contributed by atoms with Crippen LogP contribution in [0, 0.1) is 10.1 Å². The molecule has 0 aliphatic carbocycles. The smallest absolute Gasteiger partial charge is 0.269 e. The highest BCUT2D eigenvalue weighted by molar-refractivity contribution is 5.78. The van der Waals surface area contributed by atoms with E-state index in [2.05, 4.69) is 5.32 Å². The molecule has 0 atom stereocenters. The molecule has 0 aliphatic heterocycles. The van der Waals surface area contributed by atoms with Gasteiger partial charge in [-0.25, -0.2) is 0 Å². The number of amides is 1. The average Bonchev–Trinajstić information content (AvgIpc) is 2.38. The van der Waals surface area contributed by atoms with Crippen LogP contribution in [0.4, 0.5) is 11.4 Å². The molecule has 7 nitrogen and oxygen atoms in total. The number of nitrogens with two attached hydrogens (primary N) is 1. The molecular formula is C14H22N4O3. The lowest BCUT2D eigenvalue weighted by Crippen LogP contribution is -2.39. The molecule has 0 unspecified atom stereocenters. The molecular weight excluding hydrogens is 272 g/mol. The molecule has 116 valence electrons. The van der Waals surface area contributed by atoms with E-state index >= 15 is 0 Å². The predicted octanol–water partition coefficient (Wildman–Crippen LogP) is 1.52. The minimum absolute atomic E-state index is 0.00175. The molecule has 3 N–H and O–H groups in total. The number of rotatable bonds is 7. The molecule has 0 heterocycles. The molecule has 7 heteroatoms. The van der Waals surface area contributed by atoms with Gasteiger partial charge < -0.3 is 11.1 Å². The molecule has 0 spiro atoms. The topological polar surface area (TPSA) is 102 Å². The van der Waals surface area contributed by atoms with E-state index in [-0.39, 0.29) is 24.2 Å². The summed E-state index contributed by atoms with van der Waals surface area (Å²) in [7, 11) is 0. The second kappa shape index (κ2) is 7.58. The molecule has 1 amide bonds. The van der Waals surface area contributed by atoms with Gasteiger partial charge in [0.25, 0.3) is 5.69 Å². The van der Waals surface area contributed by atoms with E-state index in [1.807, 2.05) is 25.7 Å². The maximum atomic E-state index is 11.8. The zero-order valence-corrected chi connectivity index (χ0v) is 12.6. The van der Waals surface area contributed by atoms with Gasteiger partial charge in [-0.1, -0.05) is 6.92 Å². The Morgan fingerprint density at radius 1 is 1.48 bits per heavy atom. The van der Waals surface area contributed by atoms with E-state index in [1.54, 1.807) is 0 Å². The Morgan fingerprint density at radius 3 is 2.67 bits per heavy atom. The van der Waals surface area contributed by atoms with Gasteiger partial charge in [-0.05, 0) is 32.0 Å². The number of nitro benzene ring substituents is 1. The first-order valence-corrected chi connectivity index (χ1v) is 6.88. The number of nitrogens with zero attached hydrogens (tertiary/aromatic N) is 2. The minimum atomic E-state index is -0.454. The number of nitrogen functional groups attached to an aromatic ring is 1. The number of non-ortho nitro benzene ring substituents is 1. The standard InChI is InChI=1S/C14H22N4O3/c1-4-17(9-14(19)16-10(2)3)8-11-7-12(18(20)21)5-6-13(11)15/h5-7,10H,4,8-9,15H2,1-3H3,(H,16,19). The summed E-state index contributed by atoms with van der Waals surface area (Å²) in [6, 6.07) is 4.44. The van der Waals surface area contributed by atoms with Crippen LogP contribution in [0.15, 0.2) is 18.2 Å². The van der Waals surface area contributed by atoms with Gasteiger partial charge in [-0.3, -0.25) is 19.8 Å². The fourth-order valence-corrected chi connectivity index (χ4v) is 1.93. The van der Waals surface area contributed by atoms with Crippen molar-refractivity contribution < 1.29 is 9.72 Å². The number of anilines is 1. The second-order valence-electron chi connectivity index (χ2n) is 5.17. The number of likely N-dealkylation sites (N-methyl/N-ethyl adjacent to an activating group) is 1. The number of nitro groups is 1. The van der Waals surface area contributed by atoms with Gasteiger partial charge in [0.1, 0.15) is 0 Å². The summed E-state index contributed by atoms with van der Waals surface area (Å²) in [5.74, 6) is -0.0733. The summed E-state index contributed by atoms with van der Waals surface area (Å²) in [6.45, 7) is 7.00. The van der Waals surface area contributed by atoms with E-state index in [9.17, 15) is 14.9 Å². The lowest BCUT2D eigenvalue weighted by atomic mass is 10.1. The van der Waals surface area contributed by atoms with Gasteiger partial charge in [0.15, 0.2) is 0 Å². The van der Waals surface area contributed by atoms with Gasteiger partial charge in [-0.15, -0.1) is 0 Å². The normalized spacial score (nSPS) is 10.9. The van der Waals surface area contributed by atoms with Crippen molar-refractivity contribution in [2.24, 2.45) is 0 Å². The zero-order chi connectivity index (χ0) is 16.0. The fraction of sp³-hybridized carbons (Fsp3) is 0.500. The van der Waals surface area contributed by atoms with Crippen molar-refractivity contribution in [1.29, 1.82) is 0 Å². The molecule has 0 bridgehead atoms. The van der Waals surface area contributed by atoms with Gasteiger partial charge in [-0.2, -0.15) is 0 Å². The number of carbonyl (C=O) groups excluding carboxylic acids is 1. The van der Waals surface area contributed by atoms with Crippen molar-refractivity contribution in [3.8, 4) is 0 Å². The van der Waals surface area contributed by atoms with Gasteiger partial charge >= 0.3 is 0 Å². The van der Waals surface area contributed by atoms with Crippen molar-refractivity contribution >= 4 is 17.3 Å². The van der Waals surface area contributed by atoms with E-state index in [0.717, 1.165) is 0 Å². The highest BCUT2D eigenvalue weighted by Crippen LogP contribution is 2.21. The molecule has 1 aromatic carbocycles. The fourth-order valence-electron chi connectivity index (χ4n) is 1.93. The maximum absolute atomic E-state index is 11.8.